The van der Waals surface area contributed by atoms with E-state index in [1.54, 1.807) is 0 Å². The highest BCUT2D eigenvalue weighted by Crippen LogP contribution is 2.27. The monoisotopic (exact) mass is 345 g/mol. The number of aryl methyl sites for hydroxylation is 2. The number of hydrogen-bond donors (Lipinski definition) is 0. The number of aromatic nitrogens is 3. The van der Waals surface area contributed by atoms with Gasteiger partial charge < -0.3 is 18.8 Å². The Balaban J connectivity index is 1.76. The van der Waals surface area contributed by atoms with Crippen LogP contribution in [-0.4, -0.2) is 57.7 Å². The van der Waals surface area contributed by atoms with Gasteiger partial charge in [0.25, 0.3) is 5.91 Å². The number of carbonyl (C=O) groups excluding carboxylic acids is 1. The van der Waals surface area contributed by atoms with E-state index in [2.05, 4.69) is 19.7 Å². The van der Waals surface area contributed by atoms with Crippen molar-refractivity contribution in [2.45, 2.75) is 39.2 Å². The normalized spacial score (nSPS) is 18.2. The van der Waals surface area contributed by atoms with Gasteiger partial charge in [0.1, 0.15) is 23.2 Å². The van der Waals surface area contributed by atoms with Crippen LogP contribution in [0.15, 0.2) is 10.5 Å². The zero-order valence-electron chi connectivity index (χ0n) is 15.7. The van der Waals surface area contributed by atoms with Crippen LogP contribution in [0.2, 0.25) is 0 Å². The number of likely N-dealkylation sites (tertiary alicyclic amines) is 1. The van der Waals surface area contributed by atoms with Crippen LogP contribution in [0.1, 0.15) is 52.3 Å². The van der Waals surface area contributed by atoms with Crippen LogP contribution in [0.5, 0.6) is 0 Å². The first-order valence-corrected chi connectivity index (χ1v) is 8.76. The van der Waals surface area contributed by atoms with Crippen LogP contribution in [-0.2, 0) is 13.6 Å². The third-order valence-corrected chi connectivity index (χ3v) is 4.80. The van der Waals surface area contributed by atoms with E-state index in [0.717, 1.165) is 43.3 Å². The Kier molecular flexibility index (Phi) is 4.94. The van der Waals surface area contributed by atoms with Gasteiger partial charge in [-0.3, -0.25) is 4.79 Å². The topological polar surface area (TPSA) is 67.4 Å². The second kappa shape index (κ2) is 7.00. The quantitative estimate of drug-likeness (QED) is 0.849. The minimum Gasteiger partial charge on any atom is -0.466 e. The molecule has 0 aromatic carbocycles. The molecule has 0 aliphatic carbocycles. The average Bonchev–Trinajstić information content (AvgIpc) is 3.09. The van der Waals surface area contributed by atoms with E-state index < -0.39 is 0 Å². The fraction of sp³-hybridized carbons (Fsp3) is 0.611. The molecule has 0 N–H and O–H groups in total. The zero-order valence-corrected chi connectivity index (χ0v) is 15.7. The summed E-state index contributed by atoms with van der Waals surface area (Å²) in [4.78, 5) is 16.9. The molecule has 0 bridgehead atoms. The standard InChI is InChI=1S/C18H27N5O2/c1-12-9-15(13(2)25-12)18(24)23-8-6-7-14(10-23)17-20-19-16(22(17)5)11-21(3)4/h9,14H,6-8,10-11H2,1-5H3. The number of nitrogens with zero attached hydrogens (tertiary/aromatic N) is 5. The molecule has 3 rings (SSSR count). The number of hydrogen-bond acceptors (Lipinski definition) is 5. The molecule has 25 heavy (non-hydrogen) atoms. The van der Waals surface area contributed by atoms with Gasteiger partial charge >= 0.3 is 0 Å². The predicted molar refractivity (Wildman–Crippen MR) is 94.5 cm³/mol. The van der Waals surface area contributed by atoms with Crippen LogP contribution < -0.4 is 0 Å². The van der Waals surface area contributed by atoms with E-state index in [-0.39, 0.29) is 11.8 Å². The Morgan fingerprint density at radius 3 is 2.76 bits per heavy atom. The Morgan fingerprint density at radius 1 is 1.36 bits per heavy atom. The Hall–Kier alpha value is -2.15. The highest BCUT2D eigenvalue weighted by molar-refractivity contribution is 5.95. The van der Waals surface area contributed by atoms with Gasteiger partial charge in [0.05, 0.1) is 12.1 Å². The summed E-state index contributed by atoms with van der Waals surface area (Å²) in [5, 5.41) is 8.74. The third-order valence-electron chi connectivity index (χ3n) is 4.80. The predicted octanol–water partition coefficient (Wildman–Crippen LogP) is 2.11. The average molecular weight is 345 g/mol. The molecule has 7 heteroatoms. The van der Waals surface area contributed by atoms with Crippen molar-refractivity contribution in [1.82, 2.24) is 24.6 Å². The lowest BCUT2D eigenvalue weighted by Crippen LogP contribution is -2.39. The van der Waals surface area contributed by atoms with Crippen molar-refractivity contribution in [3.8, 4) is 0 Å². The maximum Gasteiger partial charge on any atom is 0.257 e. The summed E-state index contributed by atoms with van der Waals surface area (Å²) in [7, 11) is 6.05. The third kappa shape index (κ3) is 3.61. The molecule has 2 aromatic rings. The number of furan rings is 1. The van der Waals surface area contributed by atoms with E-state index in [0.29, 0.717) is 17.9 Å². The second-order valence-corrected chi connectivity index (χ2v) is 7.19. The lowest BCUT2D eigenvalue weighted by molar-refractivity contribution is 0.0701. The van der Waals surface area contributed by atoms with E-state index in [1.807, 2.05) is 46.0 Å². The molecule has 0 saturated carbocycles. The van der Waals surface area contributed by atoms with Gasteiger partial charge in [0.2, 0.25) is 0 Å². The first-order chi connectivity index (χ1) is 11.9. The minimum atomic E-state index is 0.0507. The summed E-state index contributed by atoms with van der Waals surface area (Å²) in [6.45, 7) is 5.93. The van der Waals surface area contributed by atoms with E-state index in [9.17, 15) is 4.79 Å². The number of carbonyl (C=O) groups is 1. The van der Waals surface area contributed by atoms with Gasteiger partial charge in [-0.05, 0) is 46.9 Å². The molecule has 1 amide bonds. The molecule has 2 aromatic heterocycles. The summed E-state index contributed by atoms with van der Waals surface area (Å²) in [6.07, 6.45) is 2.00. The maximum absolute atomic E-state index is 12.9. The Bertz CT molecular complexity index is 762. The van der Waals surface area contributed by atoms with Gasteiger partial charge in [0.15, 0.2) is 0 Å². The van der Waals surface area contributed by atoms with Crippen molar-refractivity contribution in [2.24, 2.45) is 7.05 Å². The number of amides is 1. The SMILES string of the molecule is Cc1cc(C(=O)N2CCCC(c3nnc(CN(C)C)n3C)C2)c(C)o1. The summed E-state index contributed by atoms with van der Waals surface area (Å²) in [6, 6.07) is 1.83. The molecule has 136 valence electrons. The molecular weight excluding hydrogens is 318 g/mol. The van der Waals surface area contributed by atoms with Crippen molar-refractivity contribution in [3.63, 3.8) is 0 Å². The molecule has 1 unspecified atom stereocenters. The first-order valence-electron chi connectivity index (χ1n) is 8.76. The Morgan fingerprint density at radius 2 is 2.12 bits per heavy atom. The summed E-state index contributed by atoms with van der Waals surface area (Å²) in [5.74, 6) is 3.65. The molecule has 1 saturated heterocycles. The molecule has 0 radical (unpaired) electrons. The van der Waals surface area contributed by atoms with E-state index in [1.165, 1.54) is 0 Å². The van der Waals surface area contributed by atoms with Gasteiger partial charge in [0, 0.05) is 26.1 Å². The van der Waals surface area contributed by atoms with Gasteiger partial charge in [-0.1, -0.05) is 0 Å². The second-order valence-electron chi connectivity index (χ2n) is 7.19. The molecular formula is C18H27N5O2. The maximum atomic E-state index is 12.9. The lowest BCUT2D eigenvalue weighted by Gasteiger charge is -2.32. The van der Waals surface area contributed by atoms with Crippen molar-refractivity contribution >= 4 is 5.91 Å². The van der Waals surface area contributed by atoms with E-state index >= 15 is 0 Å². The van der Waals surface area contributed by atoms with Gasteiger partial charge in [-0.2, -0.15) is 0 Å². The molecule has 1 aliphatic heterocycles. The van der Waals surface area contributed by atoms with Gasteiger partial charge in [-0.25, -0.2) is 0 Å². The first kappa shape index (κ1) is 17.7. The fourth-order valence-electron chi connectivity index (χ4n) is 3.54. The molecule has 7 nitrogen and oxygen atoms in total. The van der Waals surface area contributed by atoms with E-state index in [4.69, 9.17) is 4.42 Å². The highest BCUT2D eigenvalue weighted by atomic mass is 16.3. The molecule has 0 spiro atoms. The molecule has 1 aliphatic rings. The number of piperidine rings is 1. The lowest BCUT2D eigenvalue weighted by atomic mass is 9.96. The molecule has 3 heterocycles. The summed E-state index contributed by atoms with van der Waals surface area (Å²) >= 11 is 0. The largest absolute Gasteiger partial charge is 0.466 e. The summed E-state index contributed by atoms with van der Waals surface area (Å²) in [5.41, 5.74) is 0.671. The fourth-order valence-corrected chi connectivity index (χ4v) is 3.54. The van der Waals surface area contributed by atoms with Crippen LogP contribution in [0.3, 0.4) is 0 Å². The van der Waals surface area contributed by atoms with Crippen molar-refractivity contribution < 1.29 is 9.21 Å². The van der Waals surface area contributed by atoms with Crippen LogP contribution >= 0.6 is 0 Å². The van der Waals surface area contributed by atoms with Crippen LogP contribution in [0.4, 0.5) is 0 Å². The van der Waals surface area contributed by atoms with Crippen LogP contribution in [0, 0.1) is 13.8 Å². The highest BCUT2D eigenvalue weighted by Gasteiger charge is 2.30. The van der Waals surface area contributed by atoms with Crippen molar-refractivity contribution in [3.05, 3.63) is 34.8 Å². The van der Waals surface area contributed by atoms with Gasteiger partial charge in [-0.15, -0.1) is 10.2 Å². The summed E-state index contributed by atoms with van der Waals surface area (Å²) < 4.78 is 7.59. The number of rotatable bonds is 4. The minimum absolute atomic E-state index is 0.0507. The van der Waals surface area contributed by atoms with Crippen LogP contribution in [0.25, 0.3) is 0 Å². The smallest absolute Gasteiger partial charge is 0.257 e. The Labute approximate surface area is 148 Å². The zero-order chi connectivity index (χ0) is 18.1. The molecule has 1 atom stereocenters. The van der Waals surface area contributed by atoms with Crippen molar-refractivity contribution in [1.29, 1.82) is 0 Å². The van der Waals surface area contributed by atoms with Crippen molar-refractivity contribution in [2.75, 3.05) is 27.2 Å². The molecule has 1 fully saturated rings.